The fourth-order valence-electron chi connectivity index (χ4n) is 4.03. The maximum atomic E-state index is 4.58. The molecule has 1 aliphatic carbocycles. The van der Waals surface area contributed by atoms with Gasteiger partial charge in [-0.3, -0.25) is 0 Å². The second kappa shape index (κ2) is 10.2. The van der Waals surface area contributed by atoms with Gasteiger partial charge in [-0.2, -0.15) is 0 Å². The Morgan fingerprint density at radius 1 is 1.13 bits per heavy atom. The van der Waals surface area contributed by atoms with Crippen LogP contribution in [0.2, 0.25) is 0 Å². The van der Waals surface area contributed by atoms with E-state index in [1.54, 1.807) is 0 Å². The number of benzene rings is 2. The molecule has 0 amide bonds. The Morgan fingerprint density at radius 2 is 1.87 bits per heavy atom. The second-order valence-corrected chi connectivity index (χ2v) is 9.49. The van der Waals surface area contributed by atoms with Crippen LogP contribution in [0.15, 0.2) is 47.6 Å². The molecule has 0 radical (unpaired) electrons. The lowest BCUT2D eigenvalue weighted by molar-refractivity contribution is 0.643. The summed E-state index contributed by atoms with van der Waals surface area (Å²) in [5.74, 6) is 0. The van der Waals surface area contributed by atoms with Gasteiger partial charge in [-0.05, 0) is 85.2 Å². The number of aryl methyl sites for hydroxylation is 4. The van der Waals surface area contributed by atoms with Gasteiger partial charge in [-0.25, -0.2) is 4.99 Å². The molecular formula is C26H35N3S. The Labute approximate surface area is 186 Å². The minimum Gasteiger partial charge on any atom is -0.373 e. The largest absolute Gasteiger partial charge is 0.373 e. The molecule has 0 saturated heterocycles. The minimum absolute atomic E-state index is 0.232. The van der Waals surface area contributed by atoms with Gasteiger partial charge in [0.15, 0.2) is 0 Å². The number of nitrogens with zero attached hydrogens (tertiary/aromatic N) is 2. The van der Waals surface area contributed by atoms with Crippen molar-refractivity contribution in [3.63, 3.8) is 0 Å². The number of fused-ring (bicyclic) bond motifs is 1. The van der Waals surface area contributed by atoms with Crippen LogP contribution in [-0.4, -0.2) is 31.6 Å². The van der Waals surface area contributed by atoms with E-state index < -0.39 is 0 Å². The SMILES string of the molecule is C=C(Cc1cc(C)c(N=CN(C)C)cc1C)NC(SC)c1ccc2c(c1)CCCC2. The molecule has 1 atom stereocenters. The molecule has 0 saturated carbocycles. The van der Waals surface area contributed by atoms with E-state index in [0.717, 1.165) is 17.8 Å². The van der Waals surface area contributed by atoms with Gasteiger partial charge in [0.2, 0.25) is 0 Å². The molecule has 0 bridgehead atoms. The zero-order chi connectivity index (χ0) is 21.7. The van der Waals surface area contributed by atoms with Gasteiger partial charge in [0, 0.05) is 26.2 Å². The van der Waals surface area contributed by atoms with Gasteiger partial charge < -0.3 is 10.2 Å². The number of thioether (sulfide) groups is 1. The second-order valence-electron chi connectivity index (χ2n) is 8.55. The lowest BCUT2D eigenvalue weighted by Gasteiger charge is -2.23. The molecule has 0 aliphatic heterocycles. The van der Waals surface area contributed by atoms with Crippen molar-refractivity contribution in [2.45, 2.75) is 51.3 Å². The van der Waals surface area contributed by atoms with E-state index in [1.165, 1.54) is 59.1 Å². The number of hydrogen-bond acceptors (Lipinski definition) is 3. The molecule has 1 aliphatic rings. The maximum absolute atomic E-state index is 4.58. The quantitative estimate of drug-likeness (QED) is 0.316. The average molecular weight is 422 g/mol. The molecule has 0 aromatic heterocycles. The van der Waals surface area contributed by atoms with Gasteiger partial charge in [-0.15, -0.1) is 11.8 Å². The van der Waals surface area contributed by atoms with Crippen molar-refractivity contribution in [2.24, 2.45) is 4.99 Å². The fraction of sp³-hybridized carbons (Fsp3) is 0.423. The zero-order valence-electron chi connectivity index (χ0n) is 19.1. The summed E-state index contributed by atoms with van der Waals surface area (Å²) >= 11 is 1.84. The van der Waals surface area contributed by atoms with E-state index in [9.17, 15) is 0 Å². The molecule has 3 rings (SSSR count). The fourth-order valence-corrected chi connectivity index (χ4v) is 4.73. The first kappa shape index (κ1) is 22.5. The smallest absolute Gasteiger partial charge is 0.0974 e. The van der Waals surface area contributed by atoms with E-state index in [1.807, 2.05) is 37.1 Å². The summed E-state index contributed by atoms with van der Waals surface area (Å²) in [5, 5.41) is 3.90. The molecule has 2 aromatic rings. The lowest BCUT2D eigenvalue weighted by atomic mass is 9.90. The molecule has 30 heavy (non-hydrogen) atoms. The Bertz CT molecular complexity index is 930. The van der Waals surface area contributed by atoms with Crippen LogP contribution in [0.4, 0.5) is 5.69 Å². The Balaban J connectivity index is 1.70. The van der Waals surface area contributed by atoms with Crippen molar-refractivity contribution in [3.8, 4) is 0 Å². The highest BCUT2D eigenvalue weighted by Crippen LogP contribution is 2.30. The van der Waals surface area contributed by atoms with Crippen LogP contribution in [0, 0.1) is 13.8 Å². The summed E-state index contributed by atoms with van der Waals surface area (Å²) in [4.78, 5) is 6.54. The van der Waals surface area contributed by atoms with Crippen LogP contribution in [0.3, 0.4) is 0 Å². The Hall–Kier alpha value is -2.20. The van der Waals surface area contributed by atoms with Crippen molar-refractivity contribution < 1.29 is 0 Å². The molecule has 1 N–H and O–H groups in total. The standard InChI is InChI=1S/C26H35N3S/c1-18-14-25(27-17-29(4)5)19(2)13-24(18)15-20(3)28-26(30-6)23-12-11-21-9-7-8-10-22(21)16-23/h11-14,16-17,26,28H,3,7-10,15H2,1-2,4-6H3. The van der Waals surface area contributed by atoms with Crippen molar-refractivity contribution in [1.82, 2.24) is 10.2 Å². The van der Waals surface area contributed by atoms with Crippen molar-refractivity contribution in [1.29, 1.82) is 0 Å². The third kappa shape index (κ3) is 5.69. The molecule has 0 heterocycles. The monoisotopic (exact) mass is 421 g/mol. The van der Waals surface area contributed by atoms with E-state index in [2.05, 4.69) is 67.3 Å². The molecule has 0 spiro atoms. The molecule has 1 unspecified atom stereocenters. The van der Waals surface area contributed by atoms with E-state index in [0.29, 0.717) is 0 Å². The van der Waals surface area contributed by atoms with E-state index in [-0.39, 0.29) is 5.37 Å². The summed E-state index contributed by atoms with van der Waals surface area (Å²) in [6.07, 6.45) is 9.92. The summed E-state index contributed by atoms with van der Waals surface area (Å²) in [5.41, 5.74) is 10.3. The van der Waals surface area contributed by atoms with E-state index >= 15 is 0 Å². The number of allylic oxidation sites excluding steroid dienone is 1. The van der Waals surface area contributed by atoms with Gasteiger partial charge in [0.25, 0.3) is 0 Å². The molecule has 2 aromatic carbocycles. The summed E-state index contributed by atoms with van der Waals surface area (Å²) in [6.45, 7) is 8.63. The highest BCUT2D eigenvalue weighted by molar-refractivity contribution is 7.98. The average Bonchev–Trinajstić information content (AvgIpc) is 2.73. The highest BCUT2D eigenvalue weighted by atomic mass is 32.2. The first-order valence-electron chi connectivity index (χ1n) is 10.8. The maximum Gasteiger partial charge on any atom is 0.0974 e. The number of aliphatic imine (C=N–C) groups is 1. The zero-order valence-corrected chi connectivity index (χ0v) is 19.9. The van der Waals surface area contributed by atoms with Crippen LogP contribution in [0.25, 0.3) is 0 Å². The van der Waals surface area contributed by atoms with Crippen LogP contribution < -0.4 is 5.32 Å². The summed E-state index contributed by atoms with van der Waals surface area (Å²) < 4.78 is 0. The molecule has 0 fully saturated rings. The lowest BCUT2D eigenvalue weighted by Crippen LogP contribution is -2.19. The number of rotatable bonds is 8. The third-order valence-corrected chi connectivity index (χ3v) is 6.59. The number of hydrogen-bond donors (Lipinski definition) is 1. The Morgan fingerprint density at radius 3 is 2.57 bits per heavy atom. The molecule has 160 valence electrons. The van der Waals surface area contributed by atoms with E-state index in [4.69, 9.17) is 0 Å². The summed E-state index contributed by atoms with van der Waals surface area (Å²) in [7, 11) is 3.97. The predicted molar refractivity (Wildman–Crippen MR) is 133 cm³/mol. The van der Waals surface area contributed by atoms with Gasteiger partial charge in [-0.1, -0.05) is 30.8 Å². The molecular weight excluding hydrogens is 386 g/mol. The van der Waals surface area contributed by atoms with Gasteiger partial charge >= 0.3 is 0 Å². The molecule has 4 heteroatoms. The Kier molecular flexibility index (Phi) is 7.65. The van der Waals surface area contributed by atoms with Crippen molar-refractivity contribution in [3.05, 3.63) is 76.0 Å². The third-order valence-electron chi connectivity index (χ3n) is 5.73. The normalized spacial score (nSPS) is 14.4. The molecule has 3 nitrogen and oxygen atoms in total. The van der Waals surface area contributed by atoms with Crippen LogP contribution in [0.5, 0.6) is 0 Å². The number of nitrogens with one attached hydrogen (secondary N) is 1. The van der Waals surface area contributed by atoms with Crippen LogP contribution in [-0.2, 0) is 19.3 Å². The van der Waals surface area contributed by atoms with Crippen molar-refractivity contribution in [2.75, 3.05) is 20.4 Å². The highest BCUT2D eigenvalue weighted by Gasteiger charge is 2.16. The summed E-state index contributed by atoms with van der Waals surface area (Å²) in [6, 6.07) is 11.4. The van der Waals surface area contributed by atoms with Gasteiger partial charge in [0.05, 0.1) is 17.4 Å². The van der Waals surface area contributed by atoms with Crippen LogP contribution >= 0.6 is 11.8 Å². The van der Waals surface area contributed by atoms with Gasteiger partial charge in [0.1, 0.15) is 0 Å². The van der Waals surface area contributed by atoms with Crippen molar-refractivity contribution >= 4 is 23.8 Å². The first-order valence-corrected chi connectivity index (χ1v) is 12.1. The first-order chi connectivity index (χ1) is 14.4. The minimum atomic E-state index is 0.232. The van der Waals surface area contributed by atoms with Crippen LogP contribution in [0.1, 0.15) is 51.6 Å². The topological polar surface area (TPSA) is 27.6 Å². The predicted octanol–water partition coefficient (Wildman–Crippen LogP) is 6.11.